The van der Waals surface area contributed by atoms with E-state index in [-0.39, 0.29) is 5.91 Å². The molecule has 0 saturated heterocycles. The summed E-state index contributed by atoms with van der Waals surface area (Å²) in [6.07, 6.45) is 5.19. The third-order valence-electron chi connectivity index (χ3n) is 2.18. The van der Waals surface area contributed by atoms with Gasteiger partial charge in [-0.15, -0.1) is 12.3 Å². The summed E-state index contributed by atoms with van der Waals surface area (Å²) in [7, 11) is 0. The monoisotopic (exact) mass is 217 g/mol. The van der Waals surface area contributed by atoms with Crippen molar-refractivity contribution in [1.82, 2.24) is 0 Å². The quantitative estimate of drug-likeness (QED) is 0.759. The van der Waals surface area contributed by atoms with Gasteiger partial charge in [0.25, 0.3) is 0 Å². The molecule has 0 aliphatic rings. The molecule has 0 bridgehead atoms. The Bertz CT molecular complexity index is 405. The summed E-state index contributed by atoms with van der Waals surface area (Å²) in [6, 6.07) is 7.17. The summed E-state index contributed by atoms with van der Waals surface area (Å²) in [4.78, 5) is 11.5. The van der Waals surface area contributed by atoms with Gasteiger partial charge in [-0.1, -0.05) is 18.2 Å². The molecule has 84 valence electrons. The van der Waals surface area contributed by atoms with Gasteiger partial charge in [0.2, 0.25) is 5.91 Å². The number of hydrogen-bond donors (Lipinski definition) is 2. The van der Waals surface area contributed by atoms with Crippen LogP contribution in [0.3, 0.4) is 0 Å². The van der Waals surface area contributed by atoms with Gasteiger partial charge < -0.3 is 10.4 Å². The van der Waals surface area contributed by atoms with Crippen LogP contribution in [0.2, 0.25) is 0 Å². The third-order valence-corrected chi connectivity index (χ3v) is 2.18. The maximum Gasteiger partial charge on any atom is 0.225 e. The van der Waals surface area contributed by atoms with Crippen molar-refractivity contribution < 1.29 is 9.90 Å². The molecule has 2 N–H and O–H groups in total. The van der Waals surface area contributed by atoms with Crippen LogP contribution in [0.5, 0.6) is 0 Å². The summed E-state index contributed by atoms with van der Waals surface area (Å²) in [6.45, 7) is 1.66. The zero-order chi connectivity index (χ0) is 12.0. The predicted molar refractivity (Wildman–Crippen MR) is 63.8 cm³/mol. The highest BCUT2D eigenvalue weighted by molar-refractivity contribution is 5.91. The molecule has 0 heterocycles. The van der Waals surface area contributed by atoms with Crippen molar-refractivity contribution in [2.45, 2.75) is 25.9 Å². The molecule has 0 saturated carbocycles. The van der Waals surface area contributed by atoms with Crippen LogP contribution in [0.15, 0.2) is 24.3 Å². The van der Waals surface area contributed by atoms with E-state index in [1.165, 1.54) is 0 Å². The number of para-hydroxylation sites is 1. The minimum Gasteiger partial charge on any atom is -0.389 e. The Hall–Kier alpha value is -1.79. The second kappa shape index (κ2) is 5.94. The Morgan fingerprint density at radius 1 is 1.56 bits per heavy atom. The van der Waals surface area contributed by atoms with Crippen molar-refractivity contribution in [3.63, 3.8) is 0 Å². The first-order valence-corrected chi connectivity index (χ1v) is 5.15. The Morgan fingerprint density at radius 3 is 2.88 bits per heavy atom. The van der Waals surface area contributed by atoms with Crippen LogP contribution in [0.1, 0.15) is 31.4 Å². The molecule has 0 fully saturated rings. The maximum absolute atomic E-state index is 11.5. The van der Waals surface area contributed by atoms with Gasteiger partial charge in [0.15, 0.2) is 0 Å². The number of hydrogen-bond acceptors (Lipinski definition) is 2. The highest BCUT2D eigenvalue weighted by Crippen LogP contribution is 2.22. The third kappa shape index (κ3) is 3.41. The standard InChI is InChI=1S/C13H15NO2/c1-3-4-9-13(16)14-12-8-6-5-7-11(12)10(2)15/h1,5-8,10,15H,4,9H2,2H3,(H,14,16). The van der Waals surface area contributed by atoms with Crippen LogP contribution in [0.25, 0.3) is 0 Å². The van der Waals surface area contributed by atoms with Gasteiger partial charge >= 0.3 is 0 Å². The minimum atomic E-state index is -0.607. The number of carbonyl (C=O) groups is 1. The van der Waals surface area contributed by atoms with Gasteiger partial charge in [-0.05, 0) is 13.0 Å². The Labute approximate surface area is 95.5 Å². The Morgan fingerprint density at radius 2 is 2.25 bits per heavy atom. The lowest BCUT2D eigenvalue weighted by Gasteiger charge is -2.12. The molecule has 1 amide bonds. The normalized spacial score (nSPS) is 11.6. The van der Waals surface area contributed by atoms with Gasteiger partial charge in [-0.2, -0.15) is 0 Å². The van der Waals surface area contributed by atoms with Crippen molar-refractivity contribution in [1.29, 1.82) is 0 Å². The lowest BCUT2D eigenvalue weighted by atomic mass is 10.1. The summed E-state index contributed by atoms with van der Waals surface area (Å²) >= 11 is 0. The van der Waals surface area contributed by atoms with E-state index < -0.39 is 6.10 Å². The van der Waals surface area contributed by atoms with Crippen LogP contribution in [-0.2, 0) is 4.79 Å². The molecule has 0 spiro atoms. The van der Waals surface area contributed by atoms with E-state index in [4.69, 9.17) is 6.42 Å². The van der Waals surface area contributed by atoms with E-state index >= 15 is 0 Å². The average Bonchev–Trinajstić information content (AvgIpc) is 2.27. The van der Waals surface area contributed by atoms with Crippen molar-refractivity contribution >= 4 is 11.6 Å². The van der Waals surface area contributed by atoms with Gasteiger partial charge in [-0.3, -0.25) is 4.79 Å². The largest absolute Gasteiger partial charge is 0.389 e. The van der Waals surface area contributed by atoms with E-state index in [2.05, 4.69) is 11.2 Å². The fourth-order valence-electron chi connectivity index (χ4n) is 1.37. The van der Waals surface area contributed by atoms with Gasteiger partial charge in [0, 0.05) is 24.1 Å². The lowest BCUT2D eigenvalue weighted by Crippen LogP contribution is -2.13. The number of terminal acetylenes is 1. The molecule has 1 atom stereocenters. The number of amides is 1. The van der Waals surface area contributed by atoms with Gasteiger partial charge in [0.1, 0.15) is 0 Å². The molecule has 1 aromatic rings. The van der Waals surface area contributed by atoms with Crippen LogP contribution in [0, 0.1) is 12.3 Å². The molecule has 0 aliphatic heterocycles. The number of aliphatic hydroxyl groups excluding tert-OH is 1. The first-order valence-electron chi connectivity index (χ1n) is 5.15. The van der Waals surface area contributed by atoms with E-state index in [1.807, 2.05) is 12.1 Å². The number of carbonyl (C=O) groups excluding carboxylic acids is 1. The summed E-state index contributed by atoms with van der Waals surface area (Å²) in [5.74, 6) is 2.28. The average molecular weight is 217 g/mol. The van der Waals surface area contributed by atoms with Crippen molar-refractivity contribution in [2.24, 2.45) is 0 Å². The van der Waals surface area contributed by atoms with Crippen LogP contribution < -0.4 is 5.32 Å². The van der Waals surface area contributed by atoms with Crippen LogP contribution in [0.4, 0.5) is 5.69 Å². The predicted octanol–water partition coefficient (Wildman–Crippen LogP) is 2.09. The second-order valence-electron chi connectivity index (χ2n) is 3.52. The molecule has 0 aliphatic carbocycles. The van der Waals surface area contributed by atoms with Gasteiger partial charge in [-0.25, -0.2) is 0 Å². The molecule has 3 heteroatoms. The summed E-state index contributed by atoms with van der Waals surface area (Å²) in [5.41, 5.74) is 1.34. The summed E-state index contributed by atoms with van der Waals surface area (Å²) < 4.78 is 0. The van der Waals surface area contributed by atoms with Crippen molar-refractivity contribution in [3.8, 4) is 12.3 Å². The van der Waals surface area contributed by atoms with Crippen molar-refractivity contribution in [3.05, 3.63) is 29.8 Å². The molecule has 0 radical (unpaired) electrons. The smallest absolute Gasteiger partial charge is 0.225 e. The highest BCUT2D eigenvalue weighted by Gasteiger charge is 2.09. The summed E-state index contributed by atoms with van der Waals surface area (Å²) in [5, 5.41) is 12.2. The maximum atomic E-state index is 11.5. The molecular weight excluding hydrogens is 202 g/mol. The first kappa shape index (κ1) is 12.3. The molecule has 0 aromatic heterocycles. The van der Waals surface area contributed by atoms with Crippen LogP contribution in [-0.4, -0.2) is 11.0 Å². The van der Waals surface area contributed by atoms with E-state index in [9.17, 15) is 9.90 Å². The number of aliphatic hydroxyl groups is 1. The SMILES string of the molecule is C#CCCC(=O)Nc1ccccc1C(C)O. The zero-order valence-electron chi connectivity index (χ0n) is 9.23. The van der Waals surface area contributed by atoms with E-state index in [0.717, 1.165) is 0 Å². The lowest BCUT2D eigenvalue weighted by molar-refractivity contribution is -0.116. The number of benzene rings is 1. The van der Waals surface area contributed by atoms with E-state index in [1.54, 1.807) is 19.1 Å². The van der Waals surface area contributed by atoms with Gasteiger partial charge in [0.05, 0.1) is 6.10 Å². The van der Waals surface area contributed by atoms with Crippen LogP contribution >= 0.6 is 0 Å². The zero-order valence-corrected chi connectivity index (χ0v) is 9.23. The fourth-order valence-corrected chi connectivity index (χ4v) is 1.37. The topological polar surface area (TPSA) is 49.3 Å². The molecular formula is C13H15NO2. The Balaban J connectivity index is 2.73. The fraction of sp³-hybridized carbons (Fsp3) is 0.308. The number of rotatable bonds is 4. The van der Waals surface area contributed by atoms with Crippen molar-refractivity contribution in [2.75, 3.05) is 5.32 Å². The molecule has 1 aromatic carbocycles. The second-order valence-corrected chi connectivity index (χ2v) is 3.52. The molecule has 16 heavy (non-hydrogen) atoms. The molecule has 1 rings (SSSR count). The number of anilines is 1. The van der Waals surface area contributed by atoms with E-state index in [0.29, 0.717) is 24.1 Å². The minimum absolute atomic E-state index is 0.133. The highest BCUT2D eigenvalue weighted by atomic mass is 16.3. The first-order chi connectivity index (χ1) is 7.65. The molecule has 1 unspecified atom stereocenters. The number of nitrogens with one attached hydrogen (secondary N) is 1. The molecule has 3 nitrogen and oxygen atoms in total. The Kier molecular flexibility index (Phi) is 4.56.